The van der Waals surface area contributed by atoms with Gasteiger partial charge in [0.1, 0.15) is 6.10 Å². The number of hydrogen-bond acceptors (Lipinski definition) is 6. The number of esters is 1. The molecule has 0 radical (unpaired) electrons. The molecule has 1 fully saturated rings. The molecule has 198 valence electrons. The van der Waals surface area contributed by atoms with Crippen molar-refractivity contribution < 1.29 is 29.6 Å². The summed E-state index contributed by atoms with van der Waals surface area (Å²) in [4.78, 5) is 24.3. The van der Waals surface area contributed by atoms with Gasteiger partial charge in [-0.1, -0.05) is 45.1 Å². The lowest BCUT2D eigenvalue weighted by Crippen LogP contribution is -2.49. The van der Waals surface area contributed by atoms with E-state index in [1.165, 1.54) is 6.92 Å². The molecule has 0 aromatic carbocycles. The number of allylic oxidation sites excluding steroid dienone is 6. The minimum Gasteiger partial charge on any atom is -0.458 e. The van der Waals surface area contributed by atoms with Crippen LogP contribution in [0.5, 0.6) is 0 Å². The number of carbonyl (C=O) groups excluding carboxylic acids is 2. The highest BCUT2D eigenvalue weighted by atomic mass is 16.5. The summed E-state index contributed by atoms with van der Waals surface area (Å²) in [5.41, 5.74) is 1.31. The van der Waals surface area contributed by atoms with Crippen LogP contribution >= 0.6 is 0 Å². The van der Waals surface area contributed by atoms with Gasteiger partial charge in [0.25, 0.3) is 0 Å². The largest absolute Gasteiger partial charge is 0.458 e. The van der Waals surface area contributed by atoms with E-state index in [9.17, 15) is 24.9 Å². The Labute approximate surface area is 214 Å². The summed E-state index contributed by atoms with van der Waals surface area (Å²) in [7, 11) is 0. The summed E-state index contributed by atoms with van der Waals surface area (Å²) in [5.74, 6) is -0.526. The Morgan fingerprint density at radius 1 is 1.25 bits per heavy atom. The van der Waals surface area contributed by atoms with E-state index in [4.69, 9.17) is 4.74 Å². The van der Waals surface area contributed by atoms with Gasteiger partial charge in [0, 0.05) is 24.7 Å². The number of carbonyl (C=O) groups is 2. The molecule has 4 aliphatic carbocycles. The maximum atomic E-state index is 12.1. The number of hydrogen-bond donors (Lipinski definition) is 3. The van der Waals surface area contributed by atoms with Crippen molar-refractivity contribution >= 4 is 11.8 Å². The Morgan fingerprint density at radius 3 is 2.56 bits per heavy atom. The quantitative estimate of drug-likeness (QED) is 0.377. The number of rotatable bonds is 6. The van der Waals surface area contributed by atoms with Crippen LogP contribution in [0.2, 0.25) is 0 Å². The number of fused-ring (bicyclic) bond motifs is 4. The summed E-state index contributed by atoms with van der Waals surface area (Å²) < 4.78 is 5.90. The van der Waals surface area contributed by atoms with Gasteiger partial charge in [-0.3, -0.25) is 9.59 Å². The van der Waals surface area contributed by atoms with Gasteiger partial charge < -0.3 is 20.1 Å². The molecule has 0 unspecified atom stereocenters. The van der Waals surface area contributed by atoms with E-state index in [0.717, 1.165) is 23.1 Å². The molecule has 0 amide bonds. The molecule has 0 saturated heterocycles. The van der Waals surface area contributed by atoms with Crippen molar-refractivity contribution in [2.75, 3.05) is 6.61 Å². The fourth-order valence-electron chi connectivity index (χ4n) is 7.42. The fourth-order valence-corrected chi connectivity index (χ4v) is 7.42. The van der Waals surface area contributed by atoms with Crippen LogP contribution in [0.4, 0.5) is 0 Å². The third-order valence-corrected chi connectivity index (χ3v) is 9.75. The van der Waals surface area contributed by atoms with Crippen LogP contribution in [0.3, 0.4) is 0 Å². The molecule has 6 nitrogen and oxygen atoms in total. The van der Waals surface area contributed by atoms with E-state index in [1.807, 2.05) is 18.2 Å². The molecule has 0 bridgehead atoms. The number of aliphatic hydroxyl groups excluding tert-OH is 2. The smallest absolute Gasteiger partial charge is 0.303 e. The Hall–Kier alpha value is -2.02. The molecule has 36 heavy (non-hydrogen) atoms. The van der Waals surface area contributed by atoms with Crippen LogP contribution in [-0.2, 0) is 14.3 Å². The van der Waals surface area contributed by atoms with Crippen LogP contribution < -0.4 is 0 Å². The average molecular weight is 499 g/mol. The predicted octanol–water partition coefficient (Wildman–Crippen LogP) is 4.06. The van der Waals surface area contributed by atoms with Crippen LogP contribution in [-0.4, -0.2) is 51.5 Å². The minimum absolute atomic E-state index is 0.00350. The Morgan fingerprint density at radius 2 is 1.94 bits per heavy atom. The zero-order valence-electron chi connectivity index (χ0n) is 22.5. The first kappa shape index (κ1) is 27.0. The van der Waals surface area contributed by atoms with Crippen LogP contribution in [0, 0.1) is 34.5 Å². The van der Waals surface area contributed by atoms with Crippen molar-refractivity contribution in [1.29, 1.82) is 0 Å². The van der Waals surface area contributed by atoms with E-state index < -0.39 is 29.1 Å². The first-order valence-electron chi connectivity index (χ1n) is 13.3. The second kappa shape index (κ2) is 9.38. The third-order valence-electron chi connectivity index (χ3n) is 9.75. The molecule has 0 aromatic heterocycles. The standard InChI is InChI=1S/C30H42O6/c1-17(7-8-20(16-31)28(3,4)35)23-14-25(36-18(2)32)27-22-10-9-19-13-21(33)11-12-29(19,5)24(22)15-26(34)30(23,27)6/h7-10,13,17,20,23-26,31,34-35H,11-12,14-16H2,1-6H3/b8-7+/t17-,20-,23-,24+,25+,26-,29+,30+/m1/s1. The molecule has 0 aromatic rings. The maximum Gasteiger partial charge on any atom is 0.303 e. The lowest BCUT2D eigenvalue weighted by molar-refractivity contribution is -0.144. The van der Waals surface area contributed by atoms with Crippen LogP contribution in [0.15, 0.2) is 47.1 Å². The summed E-state index contributed by atoms with van der Waals surface area (Å²) >= 11 is 0. The van der Waals surface area contributed by atoms with Gasteiger partial charge in [-0.05, 0) is 79.1 Å². The zero-order chi connectivity index (χ0) is 26.6. The van der Waals surface area contributed by atoms with Crippen molar-refractivity contribution in [2.45, 2.75) is 85.0 Å². The second-order valence-corrected chi connectivity index (χ2v) is 12.4. The first-order chi connectivity index (χ1) is 16.7. The van der Waals surface area contributed by atoms with Crippen LogP contribution in [0.25, 0.3) is 0 Å². The molecule has 4 aliphatic rings. The van der Waals surface area contributed by atoms with Gasteiger partial charge >= 0.3 is 5.97 Å². The normalized spacial score (nSPS) is 37.8. The number of ether oxygens (including phenoxy) is 1. The van der Waals surface area contributed by atoms with E-state index in [2.05, 4.69) is 26.8 Å². The van der Waals surface area contributed by atoms with Gasteiger partial charge in [-0.2, -0.15) is 0 Å². The van der Waals surface area contributed by atoms with Gasteiger partial charge in [0.05, 0.1) is 18.3 Å². The van der Waals surface area contributed by atoms with Crippen molar-refractivity contribution in [3.63, 3.8) is 0 Å². The molecule has 0 aliphatic heterocycles. The lowest BCUT2D eigenvalue weighted by Gasteiger charge is -2.53. The molecule has 4 rings (SSSR count). The number of aliphatic hydroxyl groups is 3. The second-order valence-electron chi connectivity index (χ2n) is 12.4. The first-order valence-corrected chi connectivity index (χ1v) is 13.3. The van der Waals surface area contributed by atoms with E-state index in [0.29, 0.717) is 19.3 Å². The number of ketones is 1. The van der Waals surface area contributed by atoms with Crippen LogP contribution in [0.1, 0.15) is 67.2 Å². The van der Waals surface area contributed by atoms with Gasteiger partial charge in [0.15, 0.2) is 5.78 Å². The third kappa shape index (κ3) is 4.35. The van der Waals surface area contributed by atoms with Crippen molar-refractivity contribution in [1.82, 2.24) is 0 Å². The van der Waals surface area contributed by atoms with Crippen molar-refractivity contribution in [3.8, 4) is 0 Å². The lowest BCUT2D eigenvalue weighted by atomic mass is 9.52. The summed E-state index contributed by atoms with van der Waals surface area (Å²) in [6.45, 7) is 11.0. The van der Waals surface area contributed by atoms with E-state index in [-0.39, 0.29) is 41.5 Å². The van der Waals surface area contributed by atoms with Crippen molar-refractivity contribution in [3.05, 3.63) is 47.1 Å². The maximum absolute atomic E-state index is 12.1. The summed E-state index contributed by atoms with van der Waals surface area (Å²) in [5, 5.41) is 31.9. The van der Waals surface area contributed by atoms with Gasteiger partial charge in [-0.15, -0.1) is 0 Å². The minimum atomic E-state index is -1.05. The molecule has 6 heteroatoms. The highest BCUT2D eigenvalue weighted by Crippen LogP contribution is 2.64. The summed E-state index contributed by atoms with van der Waals surface area (Å²) in [6, 6.07) is 0. The molecule has 0 spiro atoms. The Balaban J connectivity index is 1.79. The average Bonchev–Trinajstić information content (AvgIpc) is 3.07. The monoisotopic (exact) mass is 498 g/mol. The fraction of sp³-hybridized carbons (Fsp3) is 0.667. The molecule has 3 N–H and O–H groups in total. The van der Waals surface area contributed by atoms with Gasteiger partial charge in [-0.25, -0.2) is 0 Å². The molecule has 8 atom stereocenters. The Kier molecular flexibility index (Phi) is 7.04. The van der Waals surface area contributed by atoms with E-state index in [1.54, 1.807) is 19.9 Å². The zero-order valence-corrected chi connectivity index (χ0v) is 22.5. The molecule has 0 heterocycles. The SMILES string of the molecule is CC(=O)O[C@H]1C[C@H]([C@H](C)/C=C/[C@H](CO)C(C)(C)O)[C@]2(C)C1=C1C=CC3=CC(=O)CC[C@]3(C)[C@H]1C[C@H]2O. The topological polar surface area (TPSA) is 104 Å². The highest BCUT2D eigenvalue weighted by molar-refractivity contribution is 5.92. The molecular formula is C30H42O6. The van der Waals surface area contributed by atoms with Gasteiger partial charge in [0.2, 0.25) is 0 Å². The predicted molar refractivity (Wildman–Crippen MR) is 138 cm³/mol. The van der Waals surface area contributed by atoms with E-state index >= 15 is 0 Å². The highest BCUT2D eigenvalue weighted by Gasteiger charge is 2.60. The Bertz CT molecular complexity index is 1040. The molecular weight excluding hydrogens is 456 g/mol. The van der Waals surface area contributed by atoms with Crippen molar-refractivity contribution in [2.24, 2.45) is 34.5 Å². The molecule has 1 saturated carbocycles. The summed E-state index contributed by atoms with van der Waals surface area (Å²) in [6.07, 6.45) is 11.2.